The van der Waals surface area contributed by atoms with Crippen molar-refractivity contribution in [1.29, 1.82) is 0 Å². The highest BCUT2D eigenvalue weighted by Crippen LogP contribution is 1.65. The van der Waals surface area contributed by atoms with Gasteiger partial charge >= 0.3 is 0 Å². The molecule has 0 aromatic rings. The molecular weight excluding hydrogens is 137 g/mol. The summed E-state index contributed by atoms with van der Waals surface area (Å²) in [7, 11) is 0. The smallest absolute Gasteiger partial charge is 0.0608 e. The van der Waals surface area contributed by atoms with E-state index in [1.807, 2.05) is 5.92 Å². The van der Waals surface area contributed by atoms with E-state index in [1.165, 1.54) is 0 Å². The van der Waals surface area contributed by atoms with Gasteiger partial charge in [-0.3, -0.25) is 5.92 Å². The molecule has 0 saturated heterocycles. The molecule has 44 valence electrons. The van der Waals surface area contributed by atoms with Gasteiger partial charge in [-0.25, -0.2) is 0 Å². The van der Waals surface area contributed by atoms with Crippen LogP contribution in [0.1, 0.15) is 1.37 Å². The van der Waals surface area contributed by atoms with Gasteiger partial charge in [0.25, 0.3) is 0 Å². The van der Waals surface area contributed by atoms with E-state index in [9.17, 15) is 4.39 Å². The Balaban J connectivity index is 4.05. The van der Waals surface area contributed by atoms with Crippen LogP contribution in [0.25, 0.3) is 0 Å². The quantitative estimate of drug-likeness (QED) is 0.360. The van der Waals surface area contributed by atoms with Gasteiger partial charge in [0.05, 0.1) is 18.5 Å². The van der Waals surface area contributed by atoms with Crippen molar-refractivity contribution in [3.8, 4) is 23.8 Å². The van der Waals surface area contributed by atoms with Crippen LogP contribution in [0.2, 0.25) is 0 Å². The van der Waals surface area contributed by atoms with Gasteiger partial charge < -0.3 is 4.39 Å². The Hall–Kier alpha value is -1.19. The van der Waals surface area contributed by atoms with Crippen molar-refractivity contribution in [3.05, 3.63) is 12.4 Å². The largest absolute Gasteiger partial charge is 0.337 e. The highest BCUT2D eigenvalue weighted by atomic mass is 32.1. The Morgan fingerprint density at radius 3 is 3.11 bits per heavy atom. The number of hydrogen-bond donors (Lipinski definition) is 0. The maximum atomic E-state index is 11.2. The minimum absolute atomic E-state index is 0.543. The van der Waals surface area contributed by atoms with E-state index in [-0.39, 0.29) is 0 Å². The topological polar surface area (TPSA) is 12.4 Å². The van der Waals surface area contributed by atoms with E-state index in [0.717, 1.165) is 6.33 Å². The molecule has 3 heteroatoms. The number of halogens is 1. The fraction of sp³-hybridized carbons (Fsp3) is 0. The minimum Gasteiger partial charge on any atom is -0.337 e. The van der Waals surface area contributed by atoms with Crippen LogP contribution in [-0.4, -0.2) is 0 Å². The first-order valence-corrected chi connectivity index (χ1v) is 2.21. The zero-order valence-corrected chi connectivity index (χ0v) is 5.05. The first kappa shape index (κ1) is 5.94. The van der Waals surface area contributed by atoms with Crippen LogP contribution in [0.15, 0.2) is 10.4 Å². The molecule has 0 rings (SSSR count). The van der Waals surface area contributed by atoms with Crippen molar-refractivity contribution >= 4 is 12.4 Å². The summed E-state index contributed by atoms with van der Waals surface area (Å²) in [5, 5.41) is 0. The van der Waals surface area contributed by atoms with Gasteiger partial charge in [0.1, 0.15) is 0 Å². The highest BCUT2D eigenvalue weighted by molar-refractivity contribution is 7.47. The van der Waals surface area contributed by atoms with Crippen molar-refractivity contribution < 1.29 is 5.76 Å². The Bertz CT molecular complexity index is 263. The molecule has 0 heterocycles. The van der Waals surface area contributed by atoms with Gasteiger partial charge in [-0.2, -0.15) is 6.05 Å². The first-order valence-electron chi connectivity index (χ1n) is 2.35. The molecule has 0 aliphatic carbocycles. The minimum atomic E-state index is -0.543. The zero-order valence-electron chi connectivity index (χ0n) is 5.23. The number of allylic oxidation sites excluding steroid dienone is 1. The molecule has 0 aliphatic heterocycles. The van der Waals surface area contributed by atoms with Crippen LogP contribution >= 0.6 is 0 Å². The van der Waals surface area contributed by atoms with Gasteiger partial charge in [-0.1, -0.05) is 6.33 Å². The summed E-state index contributed by atoms with van der Waals surface area (Å²) in [6.45, 7) is 0. The Morgan fingerprint density at radius 2 is 2.56 bits per heavy atom. The van der Waals surface area contributed by atoms with E-state index in [2.05, 4.69) is 34.7 Å². The summed E-state index contributed by atoms with van der Waals surface area (Å²) in [6.07, 6.45) is 1.03. The molecule has 9 heavy (non-hydrogen) atoms. The summed E-state index contributed by atoms with van der Waals surface area (Å²) in [6, 6.07) is 1.55. The Morgan fingerprint density at radius 1 is 1.78 bits per heavy atom. The lowest BCUT2D eigenvalue weighted by Crippen LogP contribution is -1.49. The summed E-state index contributed by atoms with van der Waals surface area (Å²) in [5.41, 5.74) is 0. The lowest BCUT2D eigenvalue weighted by Gasteiger charge is -1.71. The maximum absolute atomic E-state index is 11.2. The second-order valence-electron chi connectivity index (χ2n) is 0.798. The number of hydrogen-bond acceptors (Lipinski definition) is 2. The normalized spacial score (nSPS) is 9.44. The van der Waals surface area contributed by atoms with Crippen molar-refractivity contribution in [3.63, 3.8) is 0 Å². The molecule has 0 radical (unpaired) electrons. The van der Waals surface area contributed by atoms with Crippen LogP contribution in [0, 0.1) is 30.1 Å². The lowest BCUT2D eigenvalue weighted by molar-refractivity contribution is 0.684. The van der Waals surface area contributed by atoms with Gasteiger partial charge in [-0.15, -0.1) is 10.3 Å². The third-order valence-electron chi connectivity index (χ3n) is 0.336. The van der Waals surface area contributed by atoms with Gasteiger partial charge in [0, 0.05) is 1.37 Å². The fourth-order valence-corrected chi connectivity index (χ4v) is 0.183. The molecule has 0 saturated carbocycles. The molecule has 0 fully saturated rings. The molecule has 0 amide bonds. The predicted octanol–water partition coefficient (Wildman–Crippen LogP) is 0.968. The van der Waals surface area contributed by atoms with Crippen molar-refractivity contribution in [2.45, 2.75) is 0 Å². The average Bonchev–Trinajstić information content (AvgIpc) is 1.98. The molecule has 0 aromatic carbocycles. The molecular formula is C6HFNS-. The molecule has 0 unspecified atom stereocenters. The maximum Gasteiger partial charge on any atom is 0.0608 e. The highest BCUT2D eigenvalue weighted by Gasteiger charge is 1.45. The third-order valence-corrected chi connectivity index (χ3v) is 0.428. The summed E-state index contributed by atoms with van der Waals surface area (Å²) in [5.74, 6) is 6.34. The lowest BCUT2D eigenvalue weighted by atomic mass is 10.5. The first-order chi connectivity index (χ1) is 4.81. The standard InChI is InChI=1S/C6HFNS/c7-5-3-1-2-4-6-8-9/h3H/q-1/i3D. The second kappa shape index (κ2) is 6.81. The van der Waals surface area contributed by atoms with Crippen molar-refractivity contribution in [2.24, 2.45) is 4.36 Å². The van der Waals surface area contributed by atoms with E-state index in [0.29, 0.717) is 0 Å². The summed E-state index contributed by atoms with van der Waals surface area (Å²) < 4.78 is 20.8. The van der Waals surface area contributed by atoms with E-state index in [4.69, 9.17) is 1.37 Å². The monoisotopic (exact) mass is 139 g/mol. The van der Waals surface area contributed by atoms with Crippen LogP contribution in [0.4, 0.5) is 4.39 Å². The molecule has 0 aromatic heterocycles. The van der Waals surface area contributed by atoms with Crippen molar-refractivity contribution in [1.82, 2.24) is 0 Å². The molecule has 1 nitrogen and oxygen atoms in total. The zero-order chi connectivity index (χ0) is 7.82. The van der Waals surface area contributed by atoms with Gasteiger partial charge in [0.2, 0.25) is 0 Å². The van der Waals surface area contributed by atoms with E-state index >= 15 is 0 Å². The average molecular weight is 139 g/mol. The number of nitrogens with zero attached hydrogens (tertiary/aromatic N) is 1. The van der Waals surface area contributed by atoms with E-state index < -0.39 is 6.05 Å². The molecule has 0 bridgehead atoms. The fourth-order valence-electron chi connectivity index (χ4n) is 0.137. The van der Waals surface area contributed by atoms with E-state index in [1.54, 1.807) is 0 Å². The number of rotatable bonds is 0. The SMILES string of the molecule is [2H]C(C#CC#CN=S)=[C-]F. The Kier molecular flexibility index (Phi) is 4.49. The van der Waals surface area contributed by atoms with Crippen LogP contribution in [0.5, 0.6) is 0 Å². The molecule has 0 N–H and O–H groups in total. The molecule has 0 aliphatic rings. The summed E-state index contributed by atoms with van der Waals surface area (Å²) >= 11 is 4.10. The van der Waals surface area contributed by atoms with Crippen LogP contribution in [0.3, 0.4) is 0 Å². The van der Waals surface area contributed by atoms with Gasteiger partial charge in [0.15, 0.2) is 0 Å². The molecule has 0 spiro atoms. The van der Waals surface area contributed by atoms with Crippen LogP contribution in [-0.2, 0) is 12.4 Å². The van der Waals surface area contributed by atoms with Gasteiger partial charge in [-0.05, 0) is 5.92 Å². The van der Waals surface area contributed by atoms with Crippen molar-refractivity contribution in [2.75, 3.05) is 0 Å². The third kappa shape index (κ3) is 6.81. The second-order valence-corrected chi connectivity index (χ2v) is 0.980. The Labute approximate surface area is 59.5 Å². The predicted molar refractivity (Wildman–Crippen MR) is 34.3 cm³/mol. The summed E-state index contributed by atoms with van der Waals surface area (Å²) in [4.78, 5) is 0. The van der Waals surface area contributed by atoms with Crippen LogP contribution < -0.4 is 0 Å². The molecule has 0 atom stereocenters.